The first kappa shape index (κ1) is 29.6. The van der Waals surface area contributed by atoms with Crippen molar-refractivity contribution in [1.82, 2.24) is 14.8 Å². The maximum atomic E-state index is 14.0. The maximum absolute atomic E-state index is 14.0. The fourth-order valence-electron chi connectivity index (χ4n) is 5.16. The monoisotopic (exact) mass is 592 g/mol. The molecule has 2 amide bonds. The summed E-state index contributed by atoms with van der Waals surface area (Å²) in [5.74, 6) is 1.58. The fraction of sp³-hybridized carbons (Fsp3) is 0.387. The molecule has 2 aromatic carbocycles. The standard InChI is InChI=1S/C31H36N4O6S/c1-38-23-8-6-22(7-9-23)27-20-26(25-11-10-24(39-2)19-28(25)40-3)32-35(27)30(36)21-34(31(37)29-5-4-18-42-29)13-12-33-14-16-41-17-15-33/h4-11,18-19,27H,12-17,20-21H2,1-3H3. The highest BCUT2D eigenvalue weighted by atomic mass is 32.1. The molecule has 0 N–H and O–H groups in total. The van der Waals surface area contributed by atoms with E-state index >= 15 is 0 Å². The second-order valence-electron chi connectivity index (χ2n) is 10.0. The zero-order valence-corrected chi connectivity index (χ0v) is 25.0. The van der Waals surface area contributed by atoms with E-state index in [4.69, 9.17) is 24.0 Å². The van der Waals surface area contributed by atoms with Crippen LogP contribution in [-0.4, -0.2) is 99.6 Å². The van der Waals surface area contributed by atoms with Gasteiger partial charge in [-0.15, -0.1) is 11.3 Å². The summed E-state index contributed by atoms with van der Waals surface area (Å²) in [6.45, 7) is 3.93. The highest BCUT2D eigenvalue weighted by Gasteiger charge is 2.35. The molecular weight excluding hydrogens is 556 g/mol. The molecule has 2 aliphatic rings. The molecule has 10 nitrogen and oxygen atoms in total. The van der Waals surface area contributed by atoms with Gasteiger partial charge in [0, 0.05) is 44.2 Å². The minimum atomic E-state index is -0.358. The van der Waals surface area contributed by atoms with Crippen LogP contribution in [0.1, 0.15) is 33.3 Å². The predicted octanol–water partition coefficient (Wildman–Crippen LogP) is 3.93. The van der Waals surface area contributed by atoms with E-state index < -0.39 is 0 Å². The van der Waals surface area contributed by atoms with Crippen molar-refractivity contribution in [2.24, 2.45) is 5.10 Å². The zero-order valence-electron chi connectivity index (χ0n) is 24.2. The van der Waals surface area contributed by atoms with Gasteiger partial charge in [0.15, 0.2) is 0 Å². The number of hydrogen-bond acceptors (Lipinski definition) is 9. The van der Waals surface area contributed by atoms with Crippen LogP contribution in [0.4, 0.5) is 0 Å². The van der Waals surface area contributed by atoms with Gasteiger partial charge in [-0.3, -0.25) is 14.5 Å². The summed E-state index contributed by atoms with van der Waals surface area (Å²) < 4.78 is 21.8. The van der Waals surface area contributed by atoms with E-state index in [0.29, 0.717) is 54.8 Å². The molecule has 0 bridgehead atoms. The Balaban J connectivity index is 1.43. The smallest absolute Gasteiger partial charge is 0.264 e. The van der Waals surface area contributed by atoms with Crippen LogP contribution in [0, 0.1) is 0 Å². The Morgan fingerprint density at radius 2 is 1.74 bits per heavy atom. The van der Waals surface area contributed by atoms with Gasteiger partial charge in [0.05, 0.1) is 51.2 Å². The summed E-state index contributed by atoms with van der Waals surface area (Å²) in [4.78, 5) is 32.1. The molecule has 3 aromatic rings. The van der Waals surface area contributed by atoms with E-state index in [-0.39, 0.29) is 24.4 Å². The topological polar surface area (TPSA) is 93.1 Å². The van der Waals surface area contributed by atoms with Gasteiger partial charge in [-0.25, -0.2) is 5.01 Å². The Labute approximate surface area is 250 Å². The molecular formula is C31H36N4O6S. The number of amides is 2. The molecule has 0 radical (unpaired) electrons. The molecule has 1 fully saturated rings. The molecule has 0 spiro atoms. The molecule has 1 unspecified atom stereocenters. The third kappa shape index (κ3) is 6.75. The maximum Gasteiger partial charge on any atom is 0.264 e. The van der Waals surface area contributed by atoms with Crippen molar-refractivity contribution < 1.29 is 28.5 Å². The number of thiophene rings is 1. The number of benzene rings is 2. The lowest BCUT2D eigenvalue weighted by Crippen LogP contribution is -2.46. The molecule has 0 aliphatic carbocycles. The summed E-state index contributed by atoms with van der Waals surface area (Å²) in [5.41, 5.74) is 2.42. The Bertz CT molecular complexity index is 1390. The van der Waals surface area contributed by atoms with Crippen molar-refractivity contribution in [3.63, 3.8) is 0 Å². The number of morpholine rings is 1. The number of rotatable bonds is 11. The number of hydrogen-bond donors (Lipinski definition) is 0. The molecule has 5 rings (SSSR count). The molecule has 1 aromatic heterocycles. The Hall–Kier alpha value is -3.93. The second kappa shape index (κ2) is 13.8. The average Bonchev–Trinajstić information content (AvgIpc) is 3.74. The number of carbonyl (C=O) groups excluding carboxylic acids is 2. The first-order valence-corrected chi connectivity index (χ1v) is 14.8. The van der Waals surface area contributed by atoms with Crippen LogP contribution >= 0.6 is 11.3 Å². The third-order valence-corrected chi connectivity index (χ3v) is 8.38. The van der Waals surface area contributed by atoms with Crippen molar-refractivity contribution in [2.45, 2.75) is 12.5 Å². The lowest BCUT2D eigenvalue weighted by atomic mass is 9.97. The quantitative estimate of drug-likeness (QED) is 0.333. The summed E-state index contributed by atoms with van der Waals surface area (Å²) in [6.07, 6.45) is 0.480. The van der Waals surface area contributed by atoms with Crippen molar-refractivity contribution in [1.29, 1.82) is 0 Å². The minimum Gasteiger partial charge on any atom is -0.497 e. The number of hydrazone groups is 1. The molecule has 3 heterocycles. The van der Waals surface area contributed by atoms with E-state index in [1.807, 2.05) is 47.8 Å². The largest absolute Gasteiger partial charge is 0.497 e. The Morgan fingerprint density at radius 3 is 2.40 bits per heavy atom. The van der Waals surface area contributed by atoms with Gasteiger partial charge in [0.1, 0.15) is 23.8 Å². The SMILES string of the molecule is COc1ccc(C2CC(c3ccc(OC)cc3OC)=NN2C(=O)CN(CCN2CCOCC2)C(=O)c2cccs2)cc1. The first-order chi connectivity index (χ1) is 20.5. The van der Waals surface area contributed by atoms with Crippen LogP contribution in [0.2, 0.25) is 0 Å². The minimum absolute atomic E-state index is 0.0930. The average molecular weight is 593 g/mol. The third-order valence-electron chi connectivity index (χ3n) is 7.52. The molecule has 2 aliphatic heterocycles. The number of carbonyl (C=O) groups is 2. The van der Waals surface area contributed by atoms with Crippen LogP contribution in [-0.2, 0) is 9.53 Å². The molecule has 0 saturated carbocycles. The van der Waals surface area contributed by atoms with Gasteiger partial charge in [0.25, 0.3) is 11.8 Å². The van der Waals surface area contributed by atoms with E-state index in [2.05, 4.69) is 4.90 Å². The zero-order chi connectivity index (χ0) is 29.5. The van der Waals surface area contributed by atoms with E-state index in [9.17, 15) is 9.59 Å². The van der Waals surface area contributed by atoms with Crippen molar-refractivity contribution in [3.05, 3.63) is 76.0 Å². The lowest BCUT2D eigenvalue weighted by Gasteiger charge is -2.31. The van der Waals surface area contributed by atoms with Crippen LogP contribution in [0.3, 0.4) is 0 Å². The highest BCUT2D eigenvalue weighted by molar-refractivity contribution is 7.12. The van der Waals surface area contributed by atoms with Gasteiger partial charge < -0.3 is 23.8 Å². The predicted molar refractivity (Wildman–Crippen MR) is 161 cm³/mol. The van der Waals surface area contributed by atoms with Crippen molar-refractivity contribution in [2.75, 3.05) is 67.3 Å². The summed E-state index contributed by atoms with van der Waals surface area (Å²) >= 11 is 1.37. The van der Waals surface area contributed by atoms with Gasteiger partial charge in [-0.2, -0.15) is 5.10 Å². The number of ether oxygens (including phenoxy) is 4. The molecule has 1 saturated heterocycles. The first-order valence-electron chi connectivity index (χ1n) is 13.9. The molecule has 222 valence electrons. The van der Waals surface area contributed by atoms with Gasteiger partial charge in [-0.05, 0) is 41.3 Å². The molecule has 1 atom stereocenters. The Morgan fingerprint density at radius 1 is 1.00 bits per heavy atom. The summed E-state index contributed by atoms with van der Waals surface area (Å²) in [7, 11) is 4.82. The highest BCUT2D eigenvalue weighted by Crippen LogP contribution is 2.37. The van der Waals surface area contributed by atoms with Crippen molar-refractivity contribution in [3.8, 4) is 17.2 Å². The summed E-state index contributed by atoms with van der Waals surface area (Å²) in [5, 5.41) is 8.22. The molecule has 42 heavy (non-hydrogen) atoms. The van der Waals surface area contributed by atoms with Crippen LogP contribution in [0.15, 0.2) is 65.1 Å². The summed E-state index contributed by atoms with van der Waals surface area (Å²) in [6, 6.07) is 16.5. The van der Waals surface area contributed by atoms with E-state index in [0.717, 1.165) is 30.0 Å². The van der Waals surface area contributed by atoms with Crippen LogP contribution in [0.5, 0.6) is 17.2 Å². The normalized spacial score (nSPS) is 17.1. The van der Waals surface area contributed by atoms with Crippen molar-refractivity contribution >= 4 is 28.9 Å². The van der Waals surface area contributed by atoms with Gasteiger partial charge >= 0.3 is 0 Å². The molecule has 11 heteroatoms. The van der Waals surface area contributed by atoms with Crippen LogP contribution < -0.4 is 14.2 Å². The second-order valence-corrected chi connectivity index (χ2v) is 11.0. The van der Waals surface area contributed by atoms with Crippen LogP contribution in [0.25, 0.3) is 0 Å². The number of methoxy groups -OCH3 is 3. The Kier molecular flexibility index (Phi) is 9.73. The lowest BCUT2D eigenvalue weighted by molar-refractivity contribution is -0.133. The van der Waals surface area contributed by atoms with E-state index in [1.54, 1.807) is 38.4 Å². The van der Waals surface area contributed by atoms with E-state index in [1.165, 1.54) is 16.3 Å². The van der Waals surface area contributed by atoms with Gasteiger partial charge in [-0.1, -0.05) is 18.2 Å². The van der Waals surface area contributed by atoms with Gasteiger partial charge in [0.2, 0.25) is 0 Å². The fourth-order valence-corrected chi connectivity index (χ4v) is 5.85. The number of nitrogens with zero attached hydrogens (tertiary/aromatic N) is 4.